The van der Waals surface area contributed by atoms with Crippen molar-refractivity contribution >= 4 is 28.4 Å². The molecule has 2 heterocycles. The molecule has 0 amide bonds. The summed E-state index contributed by atoms with van der Waals surface area (Å²) in [5.74, 6) is 1.40. The van der Waals surface area contributed by atoms with E-state index in [0.29, 0.717) is 24.1 Å². The quantitative estimate of drug-likeness (QED) is 0.455. The minimum absolute atomic E-state index is 0.00682. The van der Waals surface area contributed by atoms with Gasteiger partial charge in [-0.1, -0.05) is 43.7 Å². The molecule has 0 aliphatic heterocycles. The number of fused-ring (bicyclic) bond motifs is 3. The number of aromatic nitrogens is 4. The molecule has 0 spiro atoms. The zero-order valence-electron chi connectivity index (χ0n) is 14.3. The van der Waals surface area contributed by atoms with E-state index in [1.165, 1.54) is 0 Å². The van der Waals surface area contributed by atoms with Gasteiger partial charge in [-0.3, -0.25) is 13.8 Å². The molecular formula is C18H21N5OS. The minimum Gasteiger partial charge on any atom is -0.276 e. The topological polar surface area (TPSA) is 76.0 Å². The molecule has 0 fully saturated rings. The summed E-state index contributed by atoms with van der Waals surface area (Å²) in [6.45, 7) is 2.80. The smallest absolute Gasteiger partial charge is 0.262 e. The average Bonchev–Trinajstić information content (AvgIpc) is 3.05. The van der Waals surface area contributed by atoms with Crippen LogP contribution in [0.25, 0.3) is 16.7 Å². The SMILES string of the molecule is CCCCCn1c(=O)c2ccccc2n2c(SCCCC#N)nnc12. The Morgan fingerprint density at radius 3 is 2.84 bits per heavy atom. The predicted molar refractivity (Wildman–Crippen MR) is 99.8 cm³/mol. The molecule has 0 radical (unpaired) electrons. The first kappa shape index (κ1) is 17.5. The van der Waals surface area contributed by atoms with E-state index in [2.05, 4.69) is 23.2 Å². The standard InChI is InChI=1S/C18H21N5OS/c1-2-3-7-12-22-16(24)14-9-4-5-10-15(14)23-17(22)20-21-18(23)25-13-8-6-11-19/h4-5,9-10H,2-3,6-8,12-13H2,1H3. The van der Waals surface area contributed by atoms with Crippen molar-refractivity contribution < 1.29 is 0 Å². The molecule has 0 aliphatic rings. The molecular weight excluding hydrogens is 334 g/mol. The Labute approximate surface area is 150 Å². The highest BCUT2D eigenvalue weighted by Gasteiger charge is 2.16. The lowest BCUT2D eigenvalue weighted by molar-refractivity contribution is 0.594. The molecule has 6 nitrogen and oxygen atoms in total. The lowest BCUT2D eigenvalue weighted by Crippen LogP contribution is -2.23. The maximum absolute atomic E-state index is 12.9. The maximum atomic E-state index is 12.9. The normalized spacial score (nSPS) is 11.2. The van der Waals surface area contributed by atoms with Crippen molar-refractivity contribution in [3.8, 4) is 6.07 Å². The van der Waals surface area contributed by atoms with Gasteiger partial charge < -0.3 is 0 Å². The van der Waals surface area contributed by atoms with Gasteiger partial charge in [-0.05, 0) is 25.0 Å². The number of unbranched alkanes of at least 4 members (excludes halogenated alkanes) is 3. The number of nitriles is 1. The van der Waals surface area contributed by atoms with Crippen LogP contribution in [-0.4, -0.2) is 24.9 Å². The van der Waals surface area contributed by atoms with Crippen LogP contribution in [0.3, 0.4) is 0 Å². The molecule has 3 aromatic rings. The van der Waals surface area contributed by atoms with Crippen molar-refractivity contribution in [3.05, 3.63) is 34.6 Å². The maximum Gasteiger partial charge on any atom is 0.262 e. The van der Waals surface area contributed by atoms with E-state index in [1.807, 2.05) is 28.7 Å². The zero-order valence-corrected chi connectivity index (χ0v) is 15.1. The van der Waals surface area contributed by atoms with Crippen LogP contribution in [0.2, 0.25) is 0 Å². The van der Waals surface area contributed by atoms with Crippen molar-refractivity contribution in [2.24, 2.45) is 0 Å². The summed E-state index contributed by atoms with van der Waals surface area (Å²) in [4.78, 5) is 12.9. The second-order valence-corrected chi connectivity index (χ2v) is 6.97. The largest absolute Gasteiger partial charge is 0.276 e. The van der Waals surface area contributed by atoms with Crippen LogP contribution in [0.4, 0.5) is 0 Å². The highest BCUT2D eigenvalue weighted by atomic mass is 32.2. The molecule has 0 unspecified atom stereocenters. The number of thioether (sulfide) groups is 1. The Bertz CT molecular complexity index is 969. The van der Waals surface area contributed by atoms with Crippen molar-refractivity contribution in [1.82, 2.24) is 19.2 Å². The van der Waals surface area contributed by atoms with Gasteiger partial charge in [0.1, 0.15) is 0 Å². The van der Waals surface area contributed by atoms with E-state index < -0.39 is 0 Å². The molecule has 1 aromatic carbocycles. The van der Waals surface area contributed by atoms with E-state index in [9.17, 15) is 4.79 Å². The summed E-state index contributed by atoms with van der Waals surface area (Å²) in [7, 11) is 0. The van der Waals surface area contributed by atoms with Gasteiger partial charge in [0.15, 0.2) is 5.16 Å². The van der Waals surface area contributed by atoms with E-state index in [4.69, 9.17) is 5.26 Å². The molecule has 2 aromatic heterocycles. The van der Waals surface area contributed by atoms with Gasteiger partial charge in [-0.2, -0.15) is 5.26 Å². The Morgan fingerprint density at radius 1 is 1.20 bits per heavy atom. The van der Waals surface area contributed by atoms with Crippen molar-refractivity contribution in [1.29, 1.82) is 5.26 Å². The number of nitrogens with zero attached hydrogens (tertiary/aromatic N) is 5. The van der Waals surface area contributed by atoms with Crippen molar-refractivity contribution in [3.63, 3.8) is 0 Å². The first-order valence-corrected chi connectivity index (χ1v) is 9.63. The van der Waals surface area contributed by atoms with Crippen LogP contribution in [0.1, 0.15) is 39.0 Å². The van der Waals surface area contributed by atoms with E-state index in [-0.39, 0.29) is 5.56 Å². The highest BCUT2D eigenvalue weighted by Crippen LogP contribution is 2.22. The number of rotatable bonds is 8. The third-order valence-corrected chi connectivity index (χ3v) is 5.14. The number of hydrogen-bond acceptors (Lipinski definition) is 5. The van der Waals surface area contributed by atoms with E-state index in [1.54, 1.807) is 16.3 Å². The van der Waals surface area contributed by atoms with Gasteiger partial charge >= 0.3 is 0 Å². The van der Waals surface area contributed by atoms with Crippen molar-refractivity contribution in [2.45, 2.75) is 50.7 Å². The third-order valence-electron chi connectivity index (χ3n) is 4.13. The zero-order chi connectivity index (χ0) is 17.6. The van der Waals surface area contributed by atoms with Crippen molar-refractivity contribution in [2.75, 3.05) is 5.75 Å². The number of benzene rings is 1. The van der Waals surface area contributed by atoms with Gasteiger partial charge in [0, 0.05) is 18.7 Å². The molecule has 0 aliphatic carbocycles. The summed E-state index contributed by atoms with van der Waals surface area (Å²) in [5, 5.41) is 18.7. The van der Waals surface area contributed by atoms with Gasteiger partial charge in [-0.25, -0.2) is 0 Å². The molecule has 3 rings (SSSR count). The molecule has 25 heavy (non-hydrogen) atoms. The monoisotopic (exact) mass is 355 g/mol. The lowest BCUT2D eigenvalue weighted by atomic mass is 10.2. The van der Waals surface area contributed by atoms with Crippen LogP contribution in [0.15, 0.2) is 34.2 Å². The van der Waals surface area contributed by atoms with Gasteiger partial charge in [0.05, 0.1) is 17.0 Å². The molecule has 0 bridgehead atoms. The fraction of sp³-hybridized carbons (Fsp3) is 0.444. The number of aryl methyl sites for hydroxylation is 1. The van der Waals surface area contributed by atoms with E-state index >= 15 is 0 Å². The molecule has 0 saturated carbocycles. The third kappa shape index (κ3) is 3.54. The molecule has 7 heteroatoms. The number of hydrogen-bond donors (Lipinski definition) is 0. The summed E-state index contributed by atoms with van der Waals surface area (Å²) in [5.41, 5.74) is 0.828. The van der Waals surface area contributed by atoms with Gasteiger partial charge in [0.25, 0.3) is 5.56 Å². The van der Waals surface area contributed by atoms with E-state index in [0.717, 1.165) is 42.1 Å². The van der Waals surface area contributed by atoms with Gasteiger partial charge in [0.2, 0.25) is 5.78 Å². The average molecular weight is 355 g/mol. The van der Waals surface area contributed by atoms with Crippen LogP contribution >= 0.6 is 11.8 Å². The first-order chi connectivity index (χ1) is 12.3. The van der Waals surface area contributed by atoms with Crippen LogP contribution in [0, 0.1) is 11.3 Å². The fourth-order valence-corrected chi connectivity index (χ4v) is 3.74. The predicted octanol–water partition coefficient (Wildman–Crippen LogP) is 3.63. The summed E-state index contributed by atoms with van der Waals surface area (Å²) >= 11 is 1.58. The Balaban J connectivity index is 2.09. The van der Waals surface area contributed by atoms with Crippen LogP contribution in [-0.2, 0) is 6.54 Å². The molecule has 0 N–H and O–H groups in total. The summed E-state index contributed by atoms with van der Waals surface area (Å²) in [6.07, 6.45) is 4.47. The Kier molecular flexibility index (Phi) is 5.71. The van der Waals surface area contributed by atoms with Crippen LogP contribution in [0.5, 0.6) is 0 Å². The second-order valence-electron chi connectivity index (χ2n) is 5.91. The first-order valence-electron chi connectivity index (χ1n) is 8.64. The lowest BCUT2D eigenvalue weighted by Gasteiger charge is -2.11. The minimum atomic E-state index is -0.00682. The second kappa shape index (κ2) is 8.17. The Hall–Kier alpha value is -2.33. The Morgan fingerprint density at radius 2 is 2.04 bits per heavy atom. The molecule has 130 valence electrons. The number of para-hydroxylation sites is 1. The summed E-state index contributed by atoms with van der Waals surface area (Å²) < 4.78 is 3.71. The summed E-state index contributed by atoms with van der Waals surface area (Å²) in [6, 6.07) is 9.76. The molecule has 0 saturated heterocycles. The van der Waals surface area contributed by atoms with Gasteiger partial charge in [-0.15, -0.1) is 10.2 Å². The highest BCUT2D eigenvalue weighted by molar-refractivity contribution is 7.99. The fourth-order valence-electron chi connectivity index (χ4n) is 2.86. The molecule has 0 atom stereocenters. The van der Waals surface area contributed by atoms with Crippen LogP contribution < -0.4 is 5.56 Å².